The topological polar surface area (TPSA) is 74.8 Å². The van der Waals surface area contributed by atoms with Crippen LogP contribution in [0.15, 0.2) is 93.9 Å². The number of nitrogens with zero attached hydrogens (tertiary/aromatic N) is 3. The van der Waals surface area contributed by atoms with Crippen molar-refractivity contribution in [2.75, 3.05) is 13.7 Å². The summed E-state index contributed by atoms with van der Waals surface area (Å²) in [6.45, 7) is 6.70. The number of thiazole rings is 1. The number of esters is 1. The van der Waals surface area contributed by atoms with Crippen molar-refractivity contribution in [1.29, 1.82) is 0 Å². The molecule has 6 rings (SSSR count). The molecule has 3 heterocycles. The van der Waals surface area contributed by atoms with Gasteiger partial charge in [-0.05, 0) is 61.7 Å². The molecule has 45 heavy (non-hydrogen) atoms. The molecule has 7 nitrogen and oxygen atoms in total. The van der Waals surface area contributed by atoms with Crippen LogP contribution in [-0.2, 0) is 16.1 Å². The van der Waals surface area contributed by atoms with Gasteiger partial charge in [0, 0.05) is 33.7 Å². The third-order valence-electron chi connectivity index (χ3n) is 8.14. The molecule has 1 atom stereocenters. The maximum Gasteiger partial charge on any atom is 0.338 e. The molecular weight excluding hydrogens is 606 g/mol. The first-order valence-electron chi connectivity index (χ1n) is 15.0. The van der Waals surface area contributed by atoms with E-state index in [4.69, 9.17) is 26.1 Å². The highest BCUT2D eigenvalue weighted by atomic mass is 35.5. The Labute approximate surface area is 270 Å². The molecule has 0 spiro atoms. The molecule has 0 unspecified atom stereocenters. The van der Waals surface area contributed by atoms with E-state index in [1.807, 2.05) is 73.7 Å². The van der Waals surface area contributed by atoms with Crippen LogP contribution in [0.5, 0.6) is 5.75 Å². The minimum absolute atomic E-state index is 0.216. The van der Waals surface area contributed by atoms with E-state index >= 15 is 0 Å². The van der Waals surface area contributed by atoms with Gasteiger partial charge in [-0.25, -0.2) is 9.79 Å². The number of methoxy groups -OCH3 is 1. The molecule has 230 valence electrons. The number of para-hydroxylation sites is 1. The third kappa shape index (κ3) is 5.64. The average molecular weight is 640 g/mol. The first-order valence-corrected chi connectivity index (χ1v) is 16.2. The zero-order chi connectivity index (χ0) is 31.7. The number of fused-ring (bicyclic) bond motifs is 2. The van der Waals surface area contributed by atoms with Crippen LogP contribution in [0.4, 0.5) is 0 Å². The summed E-state index contributed by atoms with van der Waals surface area (Å²) in [5, 5.41) is 1.75. The maximum absolute atomic E-state index is 14.4. The number of hydrogen-bond acceptors (Lipinski definition) is 6. The number of ether oxygens (including phenoxy) is 2. The normalized spacial score (nSPS) is 14.9. The molecule has 0 N–H and O–H groups in total. The van der Waals surface area contributed by atoms with Gasteiger partial charge in [-0.15, -0.1) is 0 Å². The Kier molecular flexibility index (Phi) is 8.79. The summed E-state index contributed by atoms with van der Waals surface area (Å²) in [4.78, 5) is 33.3. The van der Waals surface area contributed by atoms with Crippen LogP contribution >= 0.6 is 22.9 Å². The molecule has 5 aromatic rings. The third-order valence-corrected chi connectivity index (χ3v) is 9.49. The van der Waals surface area contributed by atoms with Crippen LogP contribution in [0.25, 0.3) is 17.0 Å². The SMILES string of the molecule is CCCC1=C(C(=O)OCC)[C@H](c2cccc(OC)c2)n2c(s/c(=C\c3c(C)n(Cc4ccccc4Cl)c4ccccc34)c2=O)=N1. The Morgan fingerprint density at radius 2 is 1.84 bits per heavy atom. The minimum atomic E-state index is -0.707. The lowest BCUT2D eigenvalue weighted by molar-refractivity contribution is -0.139. The number of allylic oxidation sites excluding steroid dienone is 1. The monoisotopic (exact) mass is 639 g/mol. The summed E-state index contributed by atoms with van der Waals surface area (Å²) < 4.78 is 15.4. The molecule has 2 aromatic heterocycles. The Bertz CT molecular complexity index is 2140. The number of hydrogen-bond donors (Lipinski definition) is 0. The number of rotatable bonds is 9. The highest BCUT2D eigenvalue weighted by Gasteiger charge is 2.34. The number of carbonyl (C=O) groups is 1. The number of aromatic nitrogens is 2. The van der Waals surface area contributed by atoms with Crippen molar-refractivity contribution in [1.82, 2.24) is 9.13 Å². The van der Waals surface area contributed by atoms with E-state index in [0.717, 1.165) is 39.7 Å². The van der Waals surface area contributed by atoms with E-state index in [1.165, 1.54) is 11.3 Å². The van der Waals surface area contributed by atoms with Crippen molar-refractivity contribution < 1.29 is 14.3 Å². The fourth-order valence-electron chi connectivity index (χ4n) is 6.02. The summed E-state index contributed by atoms with van der Waals surface area (Å²) in [6, 6.07) is 22.8. The molecule has 0 fully saturated rings. The Morgan fingerprint density at radius 1 is 1.07 bits per heavy atom. The van der Waals surface area contributed by atoms with Gasteiger partial charge in [-0.2, -0.15) is 0 Å². The van der Waals surface area contributed by atoms with E-state index in [0.29, 0.717) is 44.3 Å². The van der Waals surface area contributed by atoms with Crippen LogP contribution in [0, 0.1) is 6.92 Å². The van der Waals surface area contributed by atoms with Gasteiger partial charge in [0.2, 0.25) is 0 Å². The fraction of sp³-hybridized carbons (Fsp3) is 0.250. The predicted octanol–water partition coefficient (Wildman–Crippen LogP) is 6.55. The second-order valence-corrected chi connectivity index (χ2v) is 12.3. The predicted molar refractivity (Wildman–Crippen MR) is 180 cm³/mol. The molecule has 9 heteroatoms. The summed E-state index contributed by atoms with van der Waals surface area (Å²) >= 11 is 7.88. The summed E-state index contributed by atoms with van der Waals surface area (Å²) in [5.74, 6) is 0.166. The van der Waals surface area contributed by atoms with Crippen LogP contribution in [0.3, 0.4) is 0 Å². The maximum atomic E-state index is 14.4. The fourth-order valence-corrected chi connectivity index (χ4v) is 7.22. The lowest BCUT2D eigenvalue weighted by Gasteiger charge is -2.26. The van der Waals surface area contributed by atoms with Crippen molar-refractivity contribution in [2.45, 2.75) is 46.2 Å². The number of carbonyl (C=O) groups excluding carboxylic acids is 1. The number of halogens is 1. The highest BCUT2D eigenvalue weighted by Crippen LogP contribution is 2.34. The molecule has 0 radical (unpaired) electrons. The van der Waals surface area contributed by atoms with Crippen LogP contribution in [-0.4, -0.2) is 28.8 Å². The largest absolute Gasteiger partial charge is 0.497 e. The smallest absolute Gasteiger partial charge is 0.338 e. The second kappa shape index (κ2) is 12.9. The molecule has 1 aliphatic heterocycles. The summed E-state index contributed by atoms with van der Waals surface area (Å²) in [7, 11) is 1.60. The van der Waals surface area contributed by atoms with Gasteiger partial charge < -0.3 is 14.0 Å². The van der Waals surface area contributed by atoms with Crippen molar-refractivity contribution in [3.05, 3.63) is 131 Å². The van der Waals surface area contributed by atoms with E-state index in [2.05, 4.69) is 23.6 Å². The first-order chi connectivity index (χ1) is 21.9. The zero-order valence-corrected chi connectivity index (χ0v) is 27.2. The summed E-state index contributed by atoms with van der Waals surface area (Å²) in [6.07, 6.45) is 3.32. The van der Waals surface area contributed by atoms with Gasteiger partial charge in [0.25, 0.3) is 5.56 Å². The van der Waals surface area contributed by atoms with Gasteiger partial charge in [0.15, 0.2) is 4.80 Å². The average Bonchev–Trinajstić information content (AvgIpc) is 3.50. The van der Waals surface area contributed by atoms with Gasteiger partial charge in [-0.1, -0.05) is 84.8 Å². The molecule has 0 bridgehead atoms. The van der Waals surface area contributed by atoms with Crippen molar-refractivity contribution in [3.63, 3.8) is 0 Å². The molecule has 0 aliphatic carbocycles. The van der Waals surface area contributed by atoms with E-state index in [-0.39, 0.29) is 12.2 Å². The van der Waals surface area contributed by atoms with Crippen molar-refractivity contribution >= 4 is 45.9 Å². The van der Waals surface area contributed by atoms with Crippen LogP contribution in [0.1, 0.15) is 55.1 Å². The molecule has 0 amide bonds. The molecule has 1 aliphatic rings. The lowest BCUT2D eigenvalue weighted by Crippen LogP contribution is -2.40. The zero-order valence-electron chi connectivity index (χ0n) is 25.7. The minimum Gasteiger partial charge on any atom is -0.497 e. The lowest BCUT2D eigenvalue weighted by atomic mass is 9.94. The van der Waals surface area contributed by atoms with Crippen LogP contribution in [0.2, 0.25) is 5.02 Å². The molecule has 0 saturated heterocycles. The van der Waals surface area contributed by atoms with Crippen molar-refractivity contribution in [3.8, 4) is 5.75 Å². The standard InChI is InChI=1S/C36H34ClN3O4S/c1-5-12-29-32(35(42)44-6-2)33(23-14-11-15-25(19-23)43-4)40-34(41)31(45-36(40)38-29)20-27-22(3)39(30-18-10-8-16-26(27)30)21-24-13-7-9-17-28(24)37/h7-11,13-20,33H,5-6,12,21H2,1-4H3/b31-20-/t33-/m0/s1. The Hall–Kier alpha value is -4.40. The summed E-state index contributed by atoms with van der Waals surface area (Å²) in [5.41, 5.74) is 5.61. The van der Waals surface area contributed by atoms with E-state index < -0.39 is 12.0 Å². The van der Waals surface area contributed by atoms with E-state index in [1.54, 1.807) is 18.6 Å². The Balaban J connectivity index is 1.58. The van der Waals surface area contributed by atoms with Crippen LogP contribution < -0.4 is 19.6 Å². The quantitative estimate of drug-likeness (QED) is 0.171. The Morgan fingerprint density at radius 3 is 2.60 bits per heavy atom. The first kappa shape index (κ1) is 30.6. The highest BCUT2D eigenvalue weighted by molar-refractivity contribution is 7.07. The van der Waals surface area contributed by atoms with Crippen molar-refractivity contribution in [2.24, 2.45) is 4.99 Å². The van der Waals surface area contributed by atoms with Gasteiger partial charge >= 0.3 is 5.97 Å². The van der Waals surface area contributed by atoms with Gasteiger partial charge in [0.1, 0.15) is 5.75 Å². The molecule has 0 saturated carbocycles. The molecule has 3 aromatic carbocycles. The second-order valence-electron chi connectivity index (χ2n) is 10.9. The van der Waals surface area contributed by atoms with Gasteiger partial charge in [-0.3, -0.25) is 9.36 Å². The van der Waals surface area contributed by atoms with Gasteiger partial charge in [0.05, 0.1) is 35.6 Å². The number of benzene rings is 3. The molecular formula is C36H34ClN3O4S. The van der Waals surface area contributed by atoms with E-state index in [9.17, 15) is 9.59 Å².